The minimum absolute atomic E-state index is 0.267. The molecule has 0 bridgehead atoms. The molecule has 0 spiro atoms. The van der Waals surface area contributed by atoms with Crippen LogP contribution in [0.4, 0.5) is 5.69 Å². The average Bonchev–Trinajstić information content (AvgIpc) is 2.28. The second-order valence-corrected chi connectivity index (χ2v) is 4.51. The third kappa shape index (κ3) is 3.50. The Morgan fingerprint density at radius 2 is 2.29 bits per heavy atom. The van der Waals surface area contributed by atoms with Crippen LogP contribution in [0.15, 0.2) is 22.7 Å². The van der Waals surface area contributed by atoms with E-state index in [2.05, 4.69) is 21.9 Å². The zero-order valence-corrected chi connectivity index (χ0v) is 11.2. The van der Waals surface area contributed by atoms with Crippen LogP contribution in [0.5, 0.6) is 0 Å². The normalized spacial score (nSPS) is 9.71. The summed E-state index contributed by atoms with van der Waals surface area (Å²) >= 11 is 3.27. The first-order valence-electron chi connectivity index (χ1n) is 5.31. The average molecular weight is 296 g/mol. The standard InChI is InChI=1S/C13H14BrNO2/c1-3-7-15(8-4-2)12-6-5-10(14)9-11(12)13(16)17/h1,5-6,9H,4,7-8H2,2H3,(H,16,17). The molecule has 0 aliphatic carbocycles. The van der Waals surface area contributed by atoms with Crippen molar-refractivity contribution < 1.29 is 9.90 Å². The summed E-state index contributed by atoms with van der Waals surface area (Å²) < 4.78 is 0.746. The summed E-state index contributed by atoms with van der Waals surface area (Å²) in [7, 11) is 0. The lowest BCUT2D eigenvalue weighted by atomic mass is 10.1. The molecule has 0 saturated carbocycles. The number of benzene rings is 1. The zero-order chi connectivity index (χ0) is 12.8. The molecule has 0 aromatic heterocycles. The quantitative estimate of drug-likeness (QED) is 0.849. The first kappa shape index (κ1) is 13.6. The van der Waals surface area contributed by atoms with Crippen LogP contribution in [-0.2, 0) is 0 Å². The molecule has 0 aliphatic heterocycles. The van der Waals surface area contributed by atoms with Gasteiger partial charge >= 0.3 is 5.97 Å². The molecular formula is C13H14BrNO2. The summed E-state index contributed by atoms with van der Waals surface area (Å²) in [4.78, 5) is 13.1. The Bertz CT molecular complexity index is 451. The molecule has 0 saturated heterocycles. The summed E-state index contributed by atoms with van der Waals surface area (Å²) in [5.74, 6) is 1.61. The van der Waals surface area contributed by atoms with Crippen molar-refractivity contribution in [2.24, 2.45) is 0 Å². The number of halogens is 1. The zero-order valence-electron chi connectivity index (χ0n) is 9.61. The third-order valence-electron chi connectivity index (χ3n) is 2.31. The van der Waals surface area contributed by atoms with Gasteiger partial charge in [-0.3, -0.25) is 0 Å². The van der Waals surface area contributed by atoms with Gasteiger partial charge in [-0.1, -0.05) is 28.8 Å². The van der Waals surface area contributed by atoms with Gasteiger partial charge in [-0.05, 0) is 24.6 Å². The summed E-state index contributed by atoms with van der Waals surface area (Å²) in [5, 5.41) is 9.18. The topological polar surface area (TPSA) is 40.5 Å². The molecule has 0 amide bonds. The number of hydrogen-bond donors (Lipinski definition) is 1. The second-order valence-electron chi connectivity index (χ2n) is 3.59. The van der Waals surface area contributed by atoms with Crippen molar-refractivity contribution in [3.8, 4) is 12.3 Å². The Hall–Kier alpha value is -1.47. The first-order valence-corrected chi connectivity index (χ1v) is 6.10. The van der Waals surface area contributed by atoms with E-state index in [1.54, 1.807) is 12.1 Å². The molecule has 3 nitrogen and oxygen atoms in total. The maximum Gasteiger partial charge on any atom is 0.337 e. The van der Waals surface area contributed by atoms with E-state index in [1.807, 2.05) is 17.9 Å². The molecule has 0 unspecified atom stereocenters. The number of aromatic carboxylic acids is 1. The van der Waals surface area contributed by atoms with Crippen LogP contribution in [0.3, 0.4) is 0 Å². The Morgan fingerprint density at radius 1 is 1.59 bits per heavy atom. The highest BCUT2D eigenvalue weighted by Gasteiger charge is 2.15. The molecule has 1 aromatic carbocycles. The molecule has 0 radical (unpaired) electrons. The van der Waals surface area contributed by atoms with Gasteiger partial charge in [0.15, 0.2) is 0 Å². The number of hydrogen-bond acceptors (Lipinski definition) is 2. The van der Waals surface area contributed by atoms with E-state index in [0.29, 0.717) is 12.2 Å². The summed E-state index contributed by atoms with van der Waals surface area (Å²) in [6.45, 7) is 3.19. The highest BCUT2D eigenvalue weighted by Crippen LogP contribution is 2.24. The Balaban J connectivity index is 3.18. The van der Waals surface area contributed by atoms with Crippen molar-refractivity contribution in [2.45, 2.75) is 13.3 Å². The van der Waals surface area contributed by atoms with Crippen molar-refractivity contribution in [2.75, 3.05) is 18.0 Å². The number of terminal acetylenes is 1. The predicted octanol–water partition coefficient (Wildman–Crippen LogP) is 3.00. The van der Waals surface area contributed by atoms with E-state index in [9.17, 15) is 9.90 Å². The van der Waals surface area contributed by atoms with E-state index in [0.717, 1.165) is 17.4 Å². The monoisotopic (exact) mass is 295 g/mol. The molecule has 0 aliphatic rings. The Kier molecular flexibility index (Phi) is 5.05. The van der Waals surface area contributed by atoms with Gasteiger partial charge in [-0.25, -0.2) is 4.79 Å². The van der Waals surface area contributed by atoms with Crippen molar-refractivity contribution in [3.05, 3.63) is 28.2 Å². The van der Waals surface area contributed by atoms with Gasteiger partial charge < -0.3 is 10.0 Å². The fraction of sp³-hybridized carbons (Fsp3) is 0.308. The third-order valence-corrected chi connectivity index (χ3v) is 2.80. The fourth-order valence-corrected chi connectivity index (χ4v) is 1.98. The number of carbonyl (C=O) groups is 1. The van der Waals surface area contributed by atoms with Gasteiger partial charge in [0.05, 0.1) is 17.8 Å². The maximum atomic E-state index is 11.2. The van der Waals surface area contributed by atoms with E-state index in [1.165, 1.54) is 0 Å². The van der Waals surface area contributed by atoms with Crippen LogP contribution >= 0.6 is 15.9 Å². The highest BCUT2D eigenvalue weighted by atomic mass is 79.9. The van der Waals surface area contributed by atoms with Crippen molar-refractivity contribution in [1.29, 1.82) is 0 Å². The molecule has 0 heterocycles. The summed E-state index contributed by atoms with van der Waals surface area (Å²) in [6.07, 6.45) is 6.22. The van der Waals surface area contributed by atoms with Crippen LogP contribution in [0.1, 0.15) is 23.7 Å². The number of rotatable bonds is 5. The van der Waals surface area contributed by atoms with Gasteiger partial charge in [0, 0.05) is 11.0 Å². The van der Waals surface area contributed by atoms with Crippen molar-refractivity contribution in [1.82, 2.24) is 0 Å². The van der Waals surface area contributed by atoms with Gasteiger partial charge in [-0.15, -0.1) is 6.42 Å². The number of carboxylic acids is 1. The minimum atomic E-state index is -0.945. The molecule has 0 atom stereocenters. The van der Waals surface area contributed by atoms with Crippen LogP contribution in [0.2, 0.25) is 0 Å². The largest absolute Gasteiger partial charge is 0.478 e. The van der Waals surface area contributed by atoms with E-state index in [-0.39, 0.29) is 5.56 Å². The SMILES string of the molecule is C#CCN(CCC)c1ccc(Br)cc1C(=O)O. The van der Waals surface area contributed by atoms with E-state index in [4.69, 9.17) is 6.42 Å². The molecule has 4 heteroatoms. The van der Waals surface area contributed by atoms with E-state index < -0.39 is 5.97 Å². The molecule has 1 aromatic rings. The van der Waals surface area contributed by atoms with Gasteiger partial charge in [-0.2, -0.15) is 0 Å². The Labute approximate surface area is 110 Å². The van der Waals surface area contributed by atoms with Gasteiger partial charge in [0.2, 0.25) is 0 Å². The van der Waals surface area contributed by atoms with Crippen LogP contribution < -0.4 is 4.90 Å². The smallest absolute Gasteiger partial charge is 0.337 e. The molecule has 1 N–H and O–H groups in total. The molecular weight excluding hydrogens is 282 g/mol. The lowest BCUT2D eigenvalue weighted by molar-refractivity contribution is 0.0697. The minimum Gasteiger partial charge on any atom is -0.478 e. The Morgan fingerprint density at radius 3 is 2.82 bits per heavy atom. The lowest BCUT2D eigenvalue weighted by Gasteiger charge is -2.23. The molecule has 17 heavy (non-hydrogen) atoms. The van der Waals surface area contributed by atoms with E-state index >= 15 is 0 Å². The first-order chi connectivity index (χ1) is 8.10. The summed E-state index contributed by atoms with van der Waals surface area (Å²) in [6, 6.07) is 5.19. The number of carboxylic acid groups (broad SMARTS) is 1. The predicted molar refractivity (Wildman–Crippen MR) is 72.4 cm³/mol. The molecule has 1 rings (SSSR count). The van der Waals surface area contributed by atoms with Gasteiger partial charge in [0.25, 0.3) is 0 Å². The summed E-state index contributed by atoms with van der Waals surface area (Å²) in [5.41, 5.74) is 0.934. The lowest BCUT2D eigenvalue weighted by Crippen LogP contribution is -2.26. The molecule has 90 valence electrons. The van der Waals surface area contributed by atoms with Crippen molar-refractivity contribution >= 4 is 27.6 Å². The highest BCUT2D eigenvalue weighted by molar-refractivity contribution is 9.10. The van der Waals surface area contributed by atoms with Crippen LogP contribution in [-0.4, -0.2) is 24.2 Å². The number of anilines is 1. The van der Waals surface area contributed by atoms with Crippen LogP contribution in [0.25, 0.3) is 0 Å². The van der Waals surface area contributed by atoms with Crippen molar-refractivity contribution in [3.63, 3.8) is 0 Å². The van der Waals surface area contributed by atoms with Gasteiger partial charge in [0.1, 0.15) is 0 Å². The second kappa shape index (κ2) is 6.31. The number of nitrogens with zero attached hydrogens (tertiary/aromatic N) is 1. The molecule has 0 fully saturated rings. The maximum absolute atomic E-state index is 11.2. The van der Waals surface area contributed by atoms with Crippen LogP contribution in [0, 0.1) is 12.3 Å². The fourth-order valence-electron chi connectivity index (χ4n) is 1.62.